The van der Waals surface area contributed by atoms with Gasteiger partial charge in [0, 0.05) is 21.7 Å². The van der Waals surface area contributed by atoms with Crippen LogP contribution in [-0.2, 0) is 10.1 Å². The zero-order valence-electron chi connectivity index (χ0n) is 15.2. The van der Waals surface area contributed by atoms with Crippen LogP contribution in [0.2, 0.25) is 0 Å². The number of aromatic nitrogens is 2. The van der Waals surface area contributed by atoms with Crippen molar-refractivity contribution in [3.63, 3.8) is 0 Å². The molecule has 6 nitrogen and oxygen atoms in total. The van der Waals surface area contributed by atoms with Crippen LogP contribution >= 0.6 is 11.8 Å². The maximum Gasteiger partial charge on any atom is 0.264 e. The molecule has 0 saturated carbocycles. The first kappa shape index (κ1) is 18.9. The van der Waals surface area contributed by atoms with Gasteiger partial charge in [0.25, 0.3) is 10.1 Å². The van der Waals surface area contributed by atoms with Crippen molar-refractivity contribution in [2.45, 2.75) is 29.2 Å². The number of fused-ring (bicyclic) bond motifs is 2. The van der Waals surface area contributed by atoms with Gasteiger partial charge in [-0.1, -0.05) is 36.0 Å². The van der Waals surface area contributed by atoms with Gasteiger partial charge < -0.3 is 4.90 Å². The lowest BCUT2D eigenvalue weighted by molar-refractivity contribution is 0.476. The third-order valence-corrected chi connectivity index (χ3v) is 6.42. The van der Waals surface area contributed by atoms with E-state index in [1.165, 1.54) is 0 Å². The Hall–Kier alpha value is -2.42. The van der Waals surface area contributed by atoms with E-state index in [0.29, 0.717) is 5.82 Å². The summed E-state index contributed by atoms with van der Waals surface area (Å²) in [7, 11) is -4.12. The van der Waals surface area contributed by atoms with Gasteiger partial charge in [-0.15, -0.1) is 0 Å². The van der Waals surface area contributed by atoms with Crippen molar-refractivity contribution < 1.29 is 13.0 Å². The number of hydrogen-bond acceptors (Lipinski definition) is 6. The summed E-state index contributed by atoms with van der Waals surface area (Å²) in [6, 6.07) is 17.3. The topological polar surface area (TPSA) is 83.4 Å². The summed E-state index contributed by atoms with van der Waals surface area (Å²) >= 11 is 1.68. The molecule has 4 rings (SSSR count). The lowest BCUT2D eigenvalue weighted by atomic mass is 10.1. The summed E-state index contributed by atoms with van der Waals surface area (Å²) in [5.41, 5.74) is 2.74. The smallest absolute Gasteiger partial charge is 0.264 e. The van der Waals surface area contributed by atoms with E-state index in [9.17, 15) is 13.0 Å². The van der Waals surface area contributed by atoms with Crippen molar-refractivity contribution in [2.75, 3.05) is 10.7 Å². The zero-order chi connectivity index (χ0) is 19.7. The van der Waals surface area contributed by atoms with E-state index in [-0.39, 0.29) is 12.2 Å². The Labute approximate surface area is 168 Å². The second-order valence-electron chi connectivity index (χ2n) is 6.55. The van der Waals surface area contributed by atoms with Crippen molar-refractivity contribution in [3.05, 3.63) is 72.3 Å². The van der Waals surface area contributed by atoms with E-state index in [0.717, 1.165) is 26.9 Å². The summed E-state index contributed by atoms with van der Waals surface area (Å²) in [5.74, 6) is 0.156. The summed E-state index contributed by atoms with van der Waals surface area (Å²) in [4.78, 5) is 13.2. The molecule has 0 amide bonds. The largest absolute Gasteiger partial charge is 0.329 e. The molecule has 2 aromatic carbocycles. The number of anilines is 2. The molecule has 1 aliphatic heterocycles. The Morgan fingerprint density at radius 3 is 2.21 bits per heavy atom. The van der Waals surface area contributed by atoms with Gasteiger partial charge in [0.2, 0.25) is 0 Å². The maximum atomic E-state index is 11.5. The Morgan fingerprint density at radius 2 is 1.64 bits per heavy atom. The summed E-state index contributed by atoms with van der Waals surface area (Å²) in [5, 5.41) is 0. The van der Waals surface area contributed by atoms with Gasteiger partial charge in [-0.3, -0.25) is 4.55 Å². The highest BCUT2D eigenvalue weighted by Crippen LogP contribution is 2.51. The van der Waals surface area contributed by atoms with Crippen molar-refractivity contribution >= 4 is 33.3 Å². The lowest BCUT2D eigenvalue weighted by Crippen LogP contribution is -2.29. The molecule has 0 bridgehead atoms. The zero-order valence-corrected chi connectivity index (χ0v) is 16.8. The highest BCUT2D eigenvalue weighted by Gasteiger charge is 2.32. The molecule has 3 aromatic rings. The standard InChI is InChI=1S/C20H19N3O3S2/c1-14-10-12-21-20(22-14)17(11-13-28(24,25)26)23-15-6-2-4-8-18(15)27-19-9-5-3-7-16(19)23/h2-10,12,17H,11,13H2,1H3,(H,24,25,26). The van der Waals surface area contributed by atoms with Crippen LogP contribution in [0.5, 0.6) is 0 Å². The fourth-order valence-electron chi connectivity index (χ4n) is 3.33. The van der Waals surface area contributed by atoms with Crippen LogP contribution in [0.4, 0.5) is 11.4 Å². The highest BCUT2D eigenvalue weighted by molar-refractivity contribution is 7.99. The lowest BCUT2D eigenvalue weighted by Gasteiger charge is -2.38. The molecule has 1 aromatic heterocycles. The number of aryl methyl sites for hydroxylation is 1. The normalized spacial score (nSPS) is 14.3. The highest BCUT2D eigenvalue weighted by atomic mass is 32.2. The molecule has 8 heteroatoms. The molecule has 1 unspecified atom stereocenters. The van der Waals surface area contributed by atoms with Gasteiger partial charge in [0.1, 0.15) is 0 Å². The third-order valence-electron chi connectivity index (χ3n) is 4.54. The molecular weight excluding hydrogens is 394 g/mol. The summed E-state index contributed by atoms with van der Waals surface area (Å²) in [6.45, 7) is 1.87. The average Bonchev–Trinajstić information content (AvgIpc) is 2.66. The SMILES string of the molecule is Cc1ccnc(C(CCS(=O)(=O)O)N2c3ccccc3Sc3ccccc32)n1. The molecule has 0 spiro atoms. The monoisotopic (exact) mass is 413 g/mol. The van der Waals surface area contributed by atoms with Crippen LogP contribution in [0.3, 0.4) is 0 Å². The molecule has 0 saturated heterocycles. The fraction of sp³-hybridized carbons (Fsp3) is 0.200. The van der Waals surface area contributed by atoms with Crippen molar-refractivity contribution in [2.24, 2.45) is 0 Å². The Bertz CT molecular complexity index is 1070. The maximum absolute atomic E-state index is 11.5. The van der Waals surface area contributed by atoms with Crippen LogP contribution in [0.25, 0.3) is 0 Å². The molecular formula is C20H19N3O3S2. The van der Waals surface area contributed by atoms with Gasteiger partial charge in [-0.2, -0.15) is 8.42 Å². The van der Waals surface area contributed by atoms with Crippen molar-refractivity contribution in [3.8, 4) is 0 Å². The first-order valence-corrected chi connectivity index (χ1v) is 11.2. The number of nitrogens with zero attached hydrogens (tertiary/aromatic N) is 3. The second-order valence-corrected chi connectivity index (χ2v) is 9.21. The minimum atomic E-state index is -4.12. The first-order valence-electron chi connectivity index (χ1n) is 8.82. The van der Waals surface area contributed by atoms with Crippen LogP contribution in [-0.4, -0.2) is 28.7 Å². The van der Waals surface area contributed by atoms with E-state index >= 15 is 0 Å². The molecule has 0 aliphatic carbocycles. The van der Waals surface area contributed by atoms with Gasteiger partial charge in [-0.05, 0) is 43.7 Å². The minimum absolute atomic E-state index is 0.162. The Balaban J connectivity index is 1.88. The molecule has 28 heavy (non-hydrogen) atoms. The minimum Gasteiger partial charge on any atom is -0.329 e. The van der Waals surface area contributed by atoms with Gasteiger partial charge in [-0.25, -0.2) is 9.97 Å². The number of para-hydroxylation sites is 2. The second kappa shape index (κ2) is 7.54. The Kier molecular flexibility index (Phi) is 5.09. The van der Waals surface area contributed by atoms with Crippen LogP contribution in [0, 0.1) is 6.92 Å². The number of benzene rings is 2. The molecule has 1 N–H and O–H groups in total. The van der Waals surface area contributed by atoms with E-state index in [2.05, 4.69) is 14.9 Å². The predicted molar refractivity (Wildman–Crippen MR) is 110 cm³/mol. The molecule has 0 radical (unpaired) electrons. The van der Waals surface area contributed by atoms with Gasteiger partial charge >= 0.3 is 0 Å². The van der Waals surface area contributed by atoms with E-state index in [1.807, 2.05) is 55.5 Å². The van der Waals surface area contributed by atoms with Gasteiger partial charge in [0.05, 0.1) is 23.2 Å². The quantitative estimate of drug-likeness (QED) is 0.620. The molecule has 2 heterocycles. The van der Waals surface area contributed by atoms with Crippen LogP contribution < -0.4 is 4.90 Å². The predicted octanol–water partition coefficient (Wildman–Crippen LogP) is 4.41. The first-order chi connectivity index (χ1) is 13.4. The van der Waals surface area contributed by atoms with E-state index in [4.69, 9.17) is 0 Å². The molecule has 1 atom stereocenters. The summed E-state index contributed by atoms with van der Waals surface area (Å²) in [6.07, 6.45) is 1.84. The van der Waals surface area contributed by atoms with E-state index < -0.39 is 16.2 Å². The fourth-order valence-corrected chi connectivity index (χ4v) is 4.93. The number of hydrogen-bond donors (Lipinski definition) is 1. The molecule has 1 aliphatic rings. The Morgan fingerprint density at radius 1 is 1.04 bits per heavy atom. The number of rotatable bonds is 5. The average molecular weight is 414 g/mol. The molecule has 144 valence electrons. The van der Waals surface area contributed by atoms with Gasteiger partial charge in [0.15, 0.2) is 5.82 Å². The third kappa shape index (κ3) is 3.89. The van der Waals surface area contributed by atoms with Crippen molar-refractivity contribution in [1.82, 2.24) is 9.97 Å². The summed E-state index contributed by atoms with van der Waals surface area (Å²) < 4.78 is 32.4. The van der Waals surface area contributed by atoms with Crippen LogP contribution in [0.15, 0.2) is 70.6 Å². The van der Waals surface area contributed by atoms with E-state index in [1.54, 1.807) is 24.0 Å². The molecule has 0 fully saturated rings. The van der Waals surface area contributed by atoms with Crippen molar-refractivity contribution in [1.29, 1.82) is 0 Å². The van der Waals surface area contributed by atoms with Crippen LogP contribution in [0.1, 0.15) is 24.0 Å².